The van der Waals surface area contributed by atoms with Gasteiger partial charge in [0.2, 0.25) is 5.95 Å². The molecular formula is C16H20N4O2. The summed E-state index contributed by atoms with van der Waals surface area (Å²) < 4.78 is 0. The van der Waals surface area contributed by atoms with Crippen LogP contribution in [0, 0.1) is 6.92 Å². The van der Waals surface area contributed by atoms with Gasteiger partial charge in [0.25, 0.3) is 0 Å². The average Bonchev–Trinajstić information content (AvgIpc) is 2.36. The molecule has 0 radical (unpaired) electrons. The lowest BCUT2D eigenvalue weighted by molar-refractivity contribution is 0.0698. The molecule has 0 amide bonds. The number of carbonyl (C=O) groups is 1. The number of aromatic carboxylic acids is 1. The fourth-order valence-electron chi connectivity index (χ4n) is 1.94. The molecule has 0 saturated carbocycles. The first kappa shape index (κ1) is 15.8. The van der Waals surface area contributed by atoms with Gasteiger partial charge in [-0.3, -0.25) is 0 Å². The van der Waals surface area contributed by atoms with Gasteiger partial charge in [0, 0.05) is 17.3 Å². The van der Waals surface area contributed by atoms with Crippen molar-refractivity contribution in [3.05, 3.63) is 41.6 Å². The molecule has 3 N–H and O–H groups in total. The van der Waals surface area contributed by atoms with Crippen LogP contribution in [0.5, 0.6) is 0 Å². The van der Waals surface area contributed by atoms with Crippen molar-refractivity contribution in [1.82, 2.24) is 9.97 Å². The van der Waals surface area contributed by atoms with Crippen molar-refractivity contribution in [1.29, 1.82) is 0 Å². The van der Waals surface area contributed by atoms with Crippen molar-refractivity contribution in [2.45, 2.75) is 33.2 Å². The second-order valence-electron chi connectivity index (χ2n) is 6.07. The fourth-order valence-corrected chi connectivity index (χ4v) is 1.94. The molecule has 22 heavy (non-hydrogen) atoms. The van der Waals surface area contributed by atoms with Crippen molar-refractivity contribution in [2.24, 2.45) is 0 Å². The number of aryl methyl sites for hydroxylation is 1. The van der Waals surface area contributed by atoms with Gasteiger partial charge in [-0.05, 0) is 39.8 Å². The van der Waals surface area contributed by atoms with Gasteiger partial charge >= 0.3 is 5.97 Å². The predicted octanol–water partition coefficient (Wildman–Crippen LogP) is 3.44. The summed E-state index contributed by atoms with van der Waals surface area (Å²) in [4.78, 5) is 20.0. The predicted molar refractivity (Wildman–Crippen MR) is 86.8 cm³/mol. The smallest absolute Gasteiger partial charge is 0.337 e. The van der Waals surface area contributed by atoms with E-state index in [1.165, 1.54) is 0 Å². The Bertz CT molecular complexity index is 693. The van der Waals surface area contributed by atoms with E-state index >= 15 is 0 Å². The zero-order valence-electron chi connectivity index (χ0n) is 13.1. The molecule has 0 unspecified atom stereocenters. The number of hydrogen-bond acceptors (Lipinski definition) is 5. The average molecular weight is 300 g/mol. The number of nitrogens with one attached hydrogen (secondary N) is 2. The molecule has 0 atom stereocenters. The maximum Gasteiger partial charge on any atom is 0.337 e. The summed E-state index contributed by atoms with van der Waals surface area (Å²) in [6.07, 6.45) is 0. The number of carboxylic acid groups (broad SMARTS) is 1. The Hall–Kier alpha value is -2.63. The van der Waals surface area contributed by atoms with Crippen molar-refractivity contribution in [3.63, 3.8) is 0 Å². The van der Waals surface area contributed by atoms with Gasteiger partial charge in [0.15, 0.2) is 0 Å². The maximum atomic E-state index is 11.2. The van der Waals surface area contributed by atoms with Crippen LogP contribution in [0.4, 0.5) is 17.5 Å². The number of para-hydroxylation sites is 1. The molecule has 0 saturated heterocycles. The monoisotopic (exact) mass is 300 g/mol. The summed E-state index contributed by atoms with van der Waals surface area (Å²) in [5, 5.41) is 15.5. The summed E-state index contributed by atoms with van der Waals surface area (Å²) in [6, 6.07) is 8.49. The molecule has 0 aliphatic carbocycles. The second kappa shape index (κ2) is 6.01. The van der Waals surface area contributed by atoms with E-state index in [1.54, 1.807) is 30.3 Å². The number of aromatic nitrogens is 2. The molecule has 1 aromatic carbocycles. The van der Waals surface area contributed by atoms with Gasteiger partial charge in [0.1, 0.15) is 5.82 Å². The Morgan fingerprint density at radius 3 is 2.50 bits per heavy atom. The molecular weight excluding hydrogens is 280 g/mol. The number of benzene rings is 1. The largest absolute Gasteiger partial charge is 0.478 e. The van der Waals surface area contributed by atoms with Crippen LogP contribution in [0.3, 0.4) is 0 Å². The van der Waals surface area contributed by atoms with Crippen LogP contribution in [-0.4, -0.2) is 26.6 Å². The summed E-state index contributed by atoms with van der Waals surface area (Å²) in [5.41, 5.74) is 1.32. The Labute approximate surface area is 129 Å². The Kier molecular flexibility index (Phi) is 4.30. The first-order chi connectivity index (χ1) is 10.2. The third-order valence-corrected chi connectivity index (χ3v) is 2.76. The molecule has 1 aromatic heterocycles. The van der Waals surface area contributed by atoms with Crippen LogP contribution < -0.4 is 10.6 Å². The van der Waals surface area contributed by atoms with Gasteiger partial charge in [-0.1, -0.05) is 12.1 Å². The lowest BCUT2D eigenvalue weighted by Gasteiger charge is -2.21. The topological polar surface area (TPSA) is 87.1 Å². The van der Waals surface area contributed by atoms with Crippen LogP contribution in [0.2, 0.25) is 0 Å². The maximum absolute atomic E-state index is 11.2. The molecule has 2 aromatic rings. The third kappa shape index (κ3) is 4.18. The minimum Gasteiger partial charge on any atom is -0.478 e. The molecule has 0 aliphatic heterocycles. The van der Waals surface area contributed by atoms with Crippen LogP contribution in [0.25, 0.3) is 0 Å². The minimum atomic E-state index is -0.984. The van der Waals surface area contributed by atoms with Crippen molar-refractivity contribution >= 4 is 23.4 Å². The molecule has 0 spiro atoms. The standard InChI is InChI=1S/C16H20N4O2/c1-10-9-13(19-15(17-10)20-16(2,3)4)18-12-8-6-5-7-11(12)14(21)22/h5-9H,1-4H3,(H,21,22)(H2,17,18,19,20). The highest BCUT2D eigenvalue weighted by Crippen LogP contribution is 2.21. The van der Waals surface area contributed by atoms with E-state index in [9.17, 15) is 9.90 Å². The van der Waals surface area contributed by atoms with Crippen LogP contribution >= 0.6 is 0 Å². The van der Waals surface area contributed by atoms with E-state index in [4.69, 9.17) is 0 Å². The van der Waals surface area contributed by atoms with Crippen molar-refractivity contribution in [2.75, 3.05) is 10.6 Å². The molecule has 0 fully saturated rings. The Balaban J connectivity index is 2.32. The van der Waals surface area contributed by atoms with Crippen molar-refractivity contribution < 1.29 is 9.90 Å². The molecule has 116 valence electrons. The highest BCUT2D eigenvalue weighted by atomic mass is 16.4. The van der Waals surface area contributed by atoms with Gasteiger partial charge in [-0.15, -0.1) is 0 Å². The third-order valence-electron chi connectivity index (χ3n) is 2.76. The number of rotatable bonds is 4. The van der Waals surface area contributed by atoms with Crippen LogP contribution in [0.15, 0.2) is 30.3 Å². The van der Waals surface area contributed by atoms with E-state index in [0.717, 1.165) is 5.69 Å². The highest BCUT2D eigenvalue weighted by molar-refractivity contribution is 5.95. The van der Waals surface area contributed by atoms with Gasteiger partial charge < -0.3 is 15.7 Å². The van der Waals surface area contributed by atoms with Gasteiger partial charge in [0.05, 0.1) is 11.3 Å². The molecule has 6 nitrogen and oxygen atoms in total. The lowest BCUT2D eigenvalue weighted by Crippen LogP contribution is -2.27. The Morgan fingerprint density at radius 2 is 1.86 bits per heavy atom. The van der Waals surface area contributed by atoms with Gasteiger partial charge in [-0.25, -0.2) is 9.78 Å². The van der Waals surface area contributed by atoms with Gasteiger partial charge in [-0.2, -0.15) is 4.98 Å². The fraction of sp³-hybridized carbons (Fsp3) is 0.312. The molecule has 2 rings (SSSR count). The number of anilines is 3. The summed E-state index contributed by atoms with van der Waals surface area (Å²) in [6.45, 7) is 7.92. The number of nitrogens with zero attached hydrogens (tertiary/aromatic N) is 2. The minimum absolute atomic E-state index is 0.163. The lowest BCUT2D eigenvalue weighted by atomic mass is 10.1. The zero-order valence-corrected chi connectivity index (χ0v) is 13.1. The molecule has 1 heterocycles. The SMILES string of the molecule is Cc1cc(Nc2ccccc2C(=O)O)nc(NC(C)(C)C)n1. The summed E-state index contributed by atoms with van der Waals surface area (Å²) in [7, 11) is 0. The van der Waals surface area contributed by atoms with E-state index in [1.807, 2.05) is 27.7 Å². The van der Waals surface area contributed by atoms with E-state index in [-0.39, 0.29) is 11.1 Å². The summed E-state index contributed by atoms with van der Waals surface area (Å²) >= 11 is 0. The number of hydrogen-bond donors (Lipinski definition) is 3. The van der Waals surface area contributed by atoms with E-state index < -0.39 is 5.97 Å². The quantitative estimate of drug-likeness (QED) is 0.801. The second-order valence-corrected chi connectivity index (χ2v) is 6.07. The zero-order chi connectivity index (χ0) is 16.3. The number of carboxylic acids is 1. The van der Waals surface area contributed by atoms with E-state index in [2.05, 4.69) is 20.6 Å². The van der Waals surface area contributed by atoms with Crippen molar-refractivity contribution in [3.8, 4) is 0 Å². The first-order valence-corrected chi connectivity index (χ1v) is 6.98. The van der Waals surface area contributed by atoms with Crippen LogP contribution in [0.1, 0.15) is 36.8 Å². The van der Waals surface area contributed by atoms with Crippen LogP contribution in [-0.2, 0) is 0 Å². The van der Waals surface area contributed by atoms with E-state index in [0.29, 0.717) is 17.5 Å². The molecule has 6 heteroatoms. The first-order valence-electron chi connectivity index (χ1n) is 6.98. The normalized spacial score (nSPS) is 11.1. The molecule has 0 aliphatic rings. The Morgan fingerprint density at radius 1 is 1.18 bits per heavy atom. The highest BCUT2D eigenvalue weighted by Gasteiger charge is 2.14. The summed E-state index contributed by atoms with van der Waals surface area (Å²) in [5.74, 6) is 0.0673. The molecule has 0 bridgehead atoms.